The minimum absolute atomic E-state index is 0.0613. The van der Waals surface area contributed by atoms with E-state index in [0.717, 1.165) is 11.4 Å². The zero-order valence-corrected chi connectivity index (χ0v) is 12.1. The van der Waals surface area contributed by atoms with Crippen molar-refractivity contribution in [1.29, 1.82) is 0 Å². The number of hydrogen-bond donors (Lipinski definition) is 2. The molecule has 2 heterocycles. The van der Waals surface area contributed by atoms with Gasteiger partial charge in [-0.1, -0.05) is 11.2 Å². The van der Waals surface area contributed by atoms with Crippen LogP contribution < -0.4 is 10.6 Å². The Kier molecular flexibility index (Phi) is 4.65. The Bertz CT molecular complexity index is 643. The molecule has 2 rings (SSSR count). The average Bonchev–Trinajstić information content (AvgIpc) is 2.52. The van der Waals surface area contributed by atoms with Crippen LogP contribution in [-0.4, -0.2) is 32.5 Å². The van der Waals surface area contributed by atoms with E-state index in [4.69, 9.17) is 10.9 Å². The van der Waals surface area contributed by atoms with Crippen molar-refractivity contribution in [3.8, 4) is 0 Å². The van der Waals surface area contributed by atoms with Crippen molar-refractivity contribution in [2.75, 3.05) is 11.4 Å². The van der Waals surface area contributed by atoms with Gasteiger partial charge in [-0.2, -0.15) is 0 Å². The molecule has 0 aromatic carbocycles. The lowest BCUT2D eigenvalue weighted by Gasteiger charge is -2.23. The topological polar surface area (TPSA) is 101 Å². The van der Waals surface area contributed by atoms with Gasteiger partial charge in [0, 0.05) is 24.6 Å². The fourth-order valence-corrected chi connectivity index (χ4v) is 2.01. The summed E-state index contributed by atoms with van der Waals surface area (Å²) in [5.74, 6) is 0.507. The number of rotatable bonds is 5. The van der Waals surface area contributed by atoms with E-state index in [0.29, 0.717) is 24.6 Å². The molecule has 21 heavy (non-hydrogen) atoms. The van der Waals surface area contributed by atoms with Crippen molar-refractivity contribution in [3.63, 3.8) is 0 Å². The minimum Gasteiger partial charge on any atom is -0.409 e. The van der Waals surface area contributed by atoms with Crippen LogP contribution in [0.3, 0.4) is 0 Å². The summed E-state index contributed by atoms with van der Waals surface area (Å²) in [5, 5.41) is 11.9. The molecule has 2 aromatic rings. The van der Waals surface area contributed by atoms with Gasteiger partial charge >= 0.3 is 0 Å². The highest BCUT2D eigenvalue weighted by Crippen LogP contribution is 2.17. The number of nitrogens with zero attached hydrogens (tertiary/aromatic N) is 5. The third-order valence-corrected chi connectivity index (χ3v) is 3.01. The van der Waals surface area contributed by atoms with Gasteiger partial charge in [0.2, 0.25) is 0 Å². The highest BCUT2D eigenvalue weighted by molar-refractivity contribution is 5.99. The van der Waals surface area contributed by atoms with Crippen LogP contribution >= 0.6 is 0 Å². The highest BCUT2D eigenvalue weighted by Gasteiger charge is 2.16. The van der Waals surface area contributed by atoms with Gasteiger partial charge in [-0.15, -0.1) is 0 Å². The lowest BCUT2D eigenvalue weighted by molar-refractivity contribution is 0.318. The van der Waals surface area contributed by atoms with Crippen molar-refractivity contribution in [2.45, 2.75) is 20.4 Å². The fraction of sp³-hybridized carbons (Fsp3) is 0.286. The van der Waals surface area contributed by atoms with Crippen molar-refractivity contribution in [1.82, 2.24) is 15.0 Å². The molecule has 110 valence electrons. The van der Waals surface area contributed by atoms with Crippen LogP contribution in [0.25, 0.3) is 0 Å². The minimum atomic E-state index is -0.0613. The number of amidine groups is 1. The number of aromatic nitrogens is 3. The summed E-state index contributed by atoms with van der Waals surface area (Å²) in [5.41, 5.74) is 7.90. The van der Waals surface area contributed by atoms with Crippen molar-refractivity contribution in [2.24, 2.45) is 10.9 Å². The van der Waals surface area contributed by atoms with E-state index in [-0.39, 0.29) is 5.84 Å². The molecule has 0 aliphatic rings. The van der Waals surface area contributed by atoms with E-state index < -0.39 is 0 Å². The van der Waals surface area contributed by atoms with E-state index >= 15 is 0 Å². The lowest BCUT2D eigenvalue weighted by Crippen LogP contribution is -2.28. The van der Waals surface area contributed by atoms with E-state index in [1.54, 1.807) is 6.20 Å². The molecular weight excluding hydrogens is 268 g/mol. The zero-order chi connectivity index (χ0) is 15.2. The number of aryl methyl sites for hydroxylation is 1. The summed E-state index contributed by atoms with van der Waals surface area (Å²) in [4.78, 5) is 14.9. The predicted molar refractivity (Wildman–Crippen MR) is 80.2 cm³/mol. The first-order chi connectivity index (χ1) is 10.2. The summed E-state index contributed by atoms with van der Waals surface area (Å²) in [6.07, 6.45) is 3.09. The van der Waals surface area contributed by atoms with Crippen molar-refractivity contribution < 1.29 is 5.21 Å². The Morgan fingerprint density at radius 2 is 2.10 bits per heavy atom. The van der Waals surface area contributed by atoms with Gasteiger partial charge in [0.1, 0.15) is 0 Å². The van der Waals surface area contributed by atoms with Crippen LogP contribution in [0.15, 0.2) is 35.7 Å². The van der Waals surface area contributed by atoms with Crippen LogP contribution in [-0.2, 0) is 6.54 Å². The van der Waals surface area contributed by atoms with E-state index in [9.17, 15) is 0 Å². The molecule has 0 spiro atoms. The molecule has 3 N–H and O–H groups in total. The molecule has 7 nitrogen and oxygen atoms in total. The Morgan fingerprint density at radius 1 is 1.33 bits per heavy atom. The van der Waals surface area contributed by atoms with E-state index in [1.165, 1.54) is 6.20 Å². The Balaban J connectivity index is 2.34. The van der Waals surface area contributed by atoms with Gasteiger partial charge in [0.25, 0.3) is 0 Å². The predicted octanol–water partition coefficient (Wildman–Crippen LogP) is 1.30. The Hall–Kier alpha value is -2.70. The third kappa shape index (κ3) is 3.44. The van der Waals surface area contributed by atoms with Gasteiger partial charge in [-0.25, -0.2) is 9.97 Å². The zero-order valence-electron chi connectivity index (χ0n) is 12.1. The molecular formula is C14H18N6O. The normalized spacial score (nSPS) is 11.4. The molecule has 0 radical (unpaired) electrons. The molecule has 0 saturated carbocycles. The van der Waals surface area contributed by atoms with Crippen molar-refractivity contribution >= 4 is 11.7 Å². The number of oxime groups is 1. The number of pyridine rings is 1. The first-order valence-corrected chi connectivity index (χ1v) is 6.62. The smallest absolute Gasteiger partial charge is 0.192 e. The molecule has 0 aliphatic carbocycles. The van der Waals surface area contributed by atoms with Crippen LogP contribution in [0.2, 0.25) is 0 Å². The van der Waals surface area contributed by atoms with Gasteiger partial charge < -0.3 is 15.8 Å². The van der Waals surface area contributed by atoms with Gasteiger partial charge in [-0.05, 0) is 26.0 Å². The number of anilines is 1. The first-order valence-electron chi connectivity index (χ1n) is 6.62. The molecule has 0 unspecified atom stereocenters. The third-order valence-electron chi connectivity index (χ3n) is 3.01. The number of nitrogens with two attached hydrogens (primary N) is 1. The quantitative estimate of drug-likeness (QED) is 0.372. The van der Waals surface area contributed by atoms with Crippen LogP contribution in [0.5, 0.6) is 0 Å². The summed E-state index contributed by atoms with van der Waals surface area (Å²) in [7, 11) is 0. The summed E-state index contributed by atoms with van der Waals surface area (Å²) >= 11 is 0. The van der Waals surface area contributed by atoms with Gasteiger partial charge in [0.05, 0.1) is 12.2 Å². The van der Waals surface area contributed by atoms with Crippen LogP contribution in [0.4, 0.5) is 5.82 Å². The maximum absolute atomic E-state index is 8.86. The van der Waals surface area contributed by atoms with Gasteiger partial charge in [-0.3, -0.25) is 4.98 Å². The monoisotopic (exact) mass is 286 g/mol. The van der Waals surface area contributed by atoms with E-state index in [2.05, 4.69) is 20.1 Å². The standard InChI is InChI=1S/C14H18N6O/c1-3-20(9-11-6-4-5-10(2)18-11)14-12(13(15)19-21)16-7-8-17-14/h4-8,21H,3,9H2,1-2H3,(H2,15,19). The maximum atomic E-state index is 8.86. The Labute approximate surface area is 123 Å². The number of hydrogen-bond acceptors (Lipinski definition) is 6. The molecule has 0 saturated heterocycles. The molecule has 0 bridgehead atoms. The fourth-order valence-electron chi connectivity index (χ4n) is 2.01. The average molecular weight is 286 g/mol. The second-order valence-corrected chi connectivity index (χ2v) is 4.50. The van der Waals surface area contributed by atoms with Gasteiger partial charge in [0.15, 0.2) is 17.3 Å². The highest BCUT2D eigenvalue weighted by atomic mass is 16.4. The molecule has 0 amide bonds. The van der Waals surface area contributed by atoms with Crippen LogP contribution in [0.1, 0.15) is 24.0 Å². The molecule has 7 heteroatoms. The second kappa shape index (κ2) is 6.65. The molecule has 0 fully saturated rings. The van der Waals surface area contributed by atoms with Crippen LogP contribution in [0, 0.1) is 6.92 Å². The largest absolute Gasteiger partial charge is 0.409 e. The maximum Gasteiger partial charge on any atom is 0.192 e. The molecule has 0 aliphatic heterocycles. The summed E-state index contributed by atoms with van der Waals surface area (Å²) < 4.78 is 0. The molecule has 2 aromatic heterocycles. The Morgan fingerprint density at radius 3 is 2.76 bits per heavy atom. The SMILES string of the molecule is CCN(Cc1cccc(C)n1)c1nccnc1/C(N)=N/O. The van der Waals surface area contributed by atoms with E-state index in [1.807, 2.05) is 36.9 Å². The van der Waals surface area contributed by atoms with Crippen molar-refractivity contribution in [3.05, 3.63) is 47.7 Å². The summed E-state index contributed by atoms with van der Waals surface area (Å²) in [6, 6.07) is 5.87. The molecule has 0 atom stereocenters. The second-order valence-electron chi connectivity index (χ2n) is 4.50. The summed E-state index contributed by atoms with van der Waals surface area (Å²) in [6.45, 7) is 5.22. The first kappa shape index (κ1) is 14.7. The lowest BCUT2D eigenvalue weighted by atomic mass is 10.2.